The molecule has 66 heavy (non-hydrogen) atoms. The summed E-state index contributed by atoms with van der Waals surface area (Å²) in [5, 5.41) is 23.4. The first-order valence-corrected chi connectivity index (χ1v) is 31.2. The van der Waals surface area contributed by atoms with Crippen molar-refractivity contribution in [1.82, 2.24) is 5.32 Å². The third-order valence-electron chi connectivity index (χ3n) is 15.1. The lowest BCUT2D eigenvalue weighted by Crippen LogP contribution is -2.45. The number of aliphatic hydroxyl groups is 2. The molecular weight excluding hydrogens is 807 g/mol. The van der Waals surface area contributed by atoms with E-state index in [0.29, 0.717) is 12.8 Å². The van der Waals surface area contributed by atoms with Gasteiger partial charge in [-0.1, -0.05) is 354 Å². The van der Waals surface area contributed by atoms with E-state index in [0.717, 1.165) is 25.7 Å². The summed E-state index contributed by atoms with van der Waals surface area (Å²) in [4.78, 5) is 12.5. The van der Waals surface area contributed by atoms with Gasteiger partial charge in [0, 0.05) is 6.42 Å². The Morgan fingerprint density at radius 3 is 0.682 bits per heavy atom. The number of carbonyl (C=O) groups excluding carboxylic acids is 1. The van der Waals surface area contributed by atoms with Gasteiger partial charge in [-0.2, -0.15) is 0 Å². The minimum Gasteiger partial charge on any atom is -0.394 e. The maximum atomic E-state index is 12.5. The fourth-order valence-electron chi connectivity index (χ4n) is 10.4. The lowest BCUT2D eigenvalue weighted by Gasteiger charge is -2.22. The molecule has 0 aliphatic rings. The predicted molar refractivity (Wildman–Crippen MR) is 295 cm³/mol. The molecule has 396 valence electrons. The highest BCUT2D eigenvalue weighted by Crippen LogP contribution is 2.19. The largest absolute Gasteiger partial charge is 0.394 e. The van der Waals surface area contributed by atoms with Gasteiger partial charge in [0.05, 0.1) is 18.8 Å². The number of hydrogen-bond donors (Lipinski definition) is 3. The summed E-state index contributed by atoms with van der Waals surface area (Å²) in [6.07, 6.45) is 75.5. The van der Waals surface area contributed by atoms with Crippen molar-refractivity contribution in [2.24, 2.45) is 0 Å². The lowest BCUT2D eigenvalue weighted by atomic mass is 10.0. The van der Waals surface area contributed by atoms with Gasteiger partial charge in [0.15, 0.2) is 0 Å². The van der Waals surface area contributed by atoms with Crippen LogP contribution in [0.3, 0.4) is 0 Å². The third-order valence-corrected chi connectivity index (χ3v) is 15.1. The van der Waals surface area contributed by atoms with E-state index < -0.39 is 12.1 Å². The highest BCUT2D eigenvalue weighted by Gasteiger charge is 2.20. The molecule has 0 heterocycles. The van der Waals surface area contributed by atoms with E-state index in [9.17, 15) is 15.0 Å². The highest BCUT2D eigenvalue weighted by molar-refractivity contribution is 5.76. The summed E-state index contributed by atoms with van der Waals surface area (Å²) in [5.74, 6) is -0.0205. The summed E-state index contributed by atoms with van der Waals surface area (Å²) in [6.45, 7) is 4.42. The van der Waals surface area contributed by atoms with E-state index in [4.69, 9.17) is 0 Å². The fraction of sp³-hybridized carbons (Fsp3) is 0.984. The molecule has 4 nitrogen and oxygen atoms in total. The maximum absolute atomic E-state index is 12.5. The Bertz CT molecular complexity index is 879. The standard InChI is InChI=1S/C62H125NO3/c1-3-5-7-9-11-13-15-17-19-21-23-25-27-29-31-32-33-35-37-39-41-43-45-47-49-51-53-55-57-61(65)60(59-64)63-62(66)58-56-54-52-50-48-46-44-42-40-38-36-34-30-28-26-24-22-20-18-16-14-12-10-8-6-4-2/h60-61,64-65H,3-59H2,1-2H3,(H,63,66). The van der Waals surface area contributed by atoms with Crippen molar-refractivity contribution >= 4 is 5.91 Å². The van der Waals surface area contributed by atoms with Gasteiger partial charge < -0.3 is 15.5 Å². The Kier molecular flexibility index (Phi) is 58.2. The number of nitrogens with one attached hydrogen (secondary N) is 1. The van der Waals surface area contributed by atoms with Crippen molar-refractivity contribution in [3.63, 3.8) is 0 Å². The minimum atomic E-state index is -0.656. The zero-order valence-electron chi connectivity index (χ0n) is 45.8. The van der Waals surface area contributed by atoms with Crippen LogP contribution in [0, 0.1) is 0 Å². The monoisotopic (exact) mass is 932 g/mol. The lowest BCUT2D eigenvalue weighted by molar-refractivity contribution is -0.123. The van der Waals surface area contributed by atoms with Crippen LogP contribution in [0.1, 0.15) is 373 Å². The first-order chi connectivity index (χ1) is 32.7. The predicted octanol–water partition coefficient (Wildman–Crippen LogP) is 20.7. The van der Waals surface area contributed by atoms with Crippen molar-refractivity contribution < 1.29 is 15.0 Å². The molecule has 3 N–H and O–H groups in total. The van der Waals surface area contributed by atoms with Gasteiger partial charge in [0.25, 0.3) is 0 Å². The maximum Gasteiger partial charge on any atom is 0.220 e. The Labute approximate surface area is 416 Å². The average Bonchev–Trinajstić information content (AvgIpc) is 3.32. The zero-order valence-corrected chi connectivity index (χ0v) is 45.8. The normalized spacial score (nSPS) is 12.6. The van der Waals surface area contributed by atoms with Crippen LogP contribution in [0.4, 0.5) is 0 Å². The Hall–Kier alpha value is -0.610. The molecule has 2 unspecified atom stereocenters. The summed E-state index contributed by atoms with van der Waals surface area (Å²) in [7, 11) is 0. The minimum absolute atomic E-state index is 0.0205. The fourth-order valence-corrected chi connectivity index (χ4v) is 10.4. The molecular formula is C62H125NO3. The number of unbranched alkanes of at least 4 members (excludes halogenated alkanes) is 52. The molecule has 2 atom stereocenters. The molecule has 0 aliphatic carbocycles. The molecule has 0 aromatic rings. The van der Waals surface area contributed by atoms with Gasteiger partial charge in [-0.25, -0.2) is 0 Å². The molecule has 0 saturated carbocycles. The Morgan fingerprint density at radius 2 is 0.485 bits per heavy atom. The van der Waals surface area contributed by atoms with E-state index >= 15 is 0 Å². The van der Waals surface area contributed by atoms with Crippen molar-refractivity contribution in [2.45, 2.75) is 386 Å². The van der Waals surface area contributed by atoms with Crippen LogP contribution in [0.5, 0.6) is 0 Å². The van der Waals surface area contributed by atoms with E-state index in [2.05, 4.69) is 19.2 Å². The second-order valence-electron chi connectivity index (χ2n) is 21.8. The number of rotatable bonds is 59. The van der Waals surface area contributed by atoms with Gasteiger partial charge >= 0.3 is 0 Å². The highest BCUT2D eigenvalue weighted by atomic mass is 16.3. The van der Waals surface area contributed by atoms with Gasteiger partial charge in [-0.05, 0) is 12.8 Å². The SMILES string of the molecule is CCCCCCCCCCCCCCCCCCCCCCCCCCCCCCC(O)C(CO)NC(=O)CCCCCCCCCCCCCCCCCCCCCCCCCCCC. The van der Waals surface area contributed by atoms with Crippen LogP contribution in [0.2, 0.25) is 0 Å². The van der Waals surface area contributed by atoms with Gasteiger partial charge in [0.1, 0.15) is 0 Å². The van der Waals surface area contributed by atoms with Crippen LogP contribution in [0.15, 0.2) is 0 Å². The second kappa shape index (κ2) is 58.7. The van der Waals surface area contributed by atoms with Crippen molar-refractivity contribution in [3.8, 4) is 0 Å². The molecule has 0 aromatic carbocycles. The van der Waals surface area contributed by atoms with E-state index in [-0.39, 0.29) is 12.5 Å². The molecule has 0 aromatic heterocycles. The average molecular weight is 933 g/mol. The second-order valence-corrected chi connectivity index (χ2v) is 21.8. The van der Waals surface area contributed by atoms with Crippen molar-refractivity contribution in [1.29, 1.82) is 0 Å². The quantitative estimate of drug-likeness (QED) is 0.0532. The van der Waals surface area contributed by atoms with Crippen LogP contribution < -0.4 is 5.32 Å². The van der Waals surface area contributed by atoms with Gasteiger partial charge in [-0.15, -0.1) is 0 Å². The molecule has 0 saturated heterocycles. The van der Waals surface area contributed by atoms with E-state index in [1.165, 1.54) is 321 Å². The van der Waals surface area contributed by atoms with Crippen LogP contribution in [0.25, 0.3) is 0 Å². The zero-order chi connectivity index (χ0) is 47.7. The van der Waals surface area contributed by atoms with Gasteiger partial charge in [0.2, 0.25) is 5.91 Å². The topological polar surface area (TPSA) is 69.6 Å². The number of carbonyl (C=O) groups is 1. The Balaban J connectivity index is 3.38. The molecule has 0 rings (SSSR count). The van der Waals surface area contributed by atoms with E-state index in [1.807, 2.05) is 0 Å². The summed E-state index contributed by atoms with van der Waals surface area (Å²) in [5.41, 5.74) is 0. The smallest absolute Gasteiger partial charge is 0.220 e. The number of hydrogen-bond acceptors (Lipinski definition) is 3. The molecule has 0 bridgehead atoms. The summed E-state index contributed by atoms with van der Waals surface area (Å²) in [6, 6.07) is -0.532. The number of aliphatic hydroxyl groups excluding tert-OH is 2. The molecule has 0 fully saturated rings. The molecule has 0 spiro atoms. The van der Waals surface area contributed by atoms with Crippen LogP contribution in [-0.4, -0.2) is 34.9 Å². The van der Waals surface area contributed by atoms with Crippen LogP contribution >= 0.6 is 0 Å². The molecule has 0 radical (unpaired) electrons. The molecule has 0 aliphatic heterocycles. The van der Waals surface area contributed by atoms with Crippen molar-refractivity contribution in [2.75, 3.05) is 6.61 Å². The summed E-state index contributed by atoms with van der Waals surface area (Å²) < 4.78 is 0. The van der Waals surface area contributed by atoms with Crippen molar-refractivity contribution in [3.05, 3.63) is 0 Å². The number of amides is 1. The van der Waals surface area contributed by atoms with Crippen LogP contribution in [-0.2, 0) is 4.79 Å². The molecule has 1 amide bonds. The summed E-state index contributed by atoms with van der Waals surface area (Å²) >= 11 is 0. The Morgan fingerprint density at radius 1 is 0.303 bits per heavy atom. The van der Waals surface area contributed by atoms with Gasteiger partial charge in [-0.3, -0.25) is 4.79 Å². The first kappa shape index (κ1) is 65.4. The third kappa shape index (κ3) is 54.3. The first-order valence-electron chi connectivity index (χ1n) is 31.2. The van der Waals surface area contributed by atoms with E-state index in [1.54, 1.807) is 0 Å². The molecule has 4 heteroatoms.